The molecule has 1 unspecified atom stereocenters. The van der Waals surface area contributed by atoms with E-state index < -0.39 is 23.3 Å². The average Bonchev–Trinajstić information content (AvgIpc) is 2.83. The number of hydrogen-bond acceptors (Lipinski definition) is 2. The lowest BCUT2D eigenvalue weighted by Gasteiger charge is -2.32. The molecule has 0 bridgehead atoms. The van der Waals surface area contributed by atoms with Crippen LogP contribution in [0, 0.1) is 11.6 Å². The molecule has 23 heavy (non-hydrogen) atoms. The van der Waals surface area contributed by atoms with Crippen molar-refractivity contribution in [2.45, 2.75) is 51.8 Å². The van der Waals surface area contributed by atoms with E-state index in [9.17, 15) is 13.6 Å². The van der Waals surface area contributed by atoms with E-state index in [1.807, 2.05) is 11.5 Å². The molecule has 0 spiro atoms. The molecule has 6 heteroatoms. The number of benzene rings is 1. The first-order valence-corrected chi connectivity index (χ1v) is 7.63. The Bertz CT molecular complexity index is 777. The number of carbonyl (C=O) groups excluding carboxylic acids is 1. The highest BCUT2D eigenvalue weighted by molar-refractivity contribution is 5.85. The van der Waals surface area contributed by atoms with Crippen LogP contribution in [0.2, 0.25) is 0 Å². The van der Waals surface area contributed by atoms with Gasteiger partial charge in [-0.15, -0.1) is 0 Å². The monoisotopic (exact) mass is 322 g/mol. The molecule has 1 aliphatic rings. The molecule has 1 aliphatic heterocycles. The first-order chi connectivity index (χ1) is 10.7. The van der Waals surface area contributed by atoms with Gasteiger partial charge in [0.15, 0.2) is 11.6 Å². The van der Waals surface area contributed by atoms with E-state index in [2.05, 4.69) is 5.32 Å². The summed E-state index contributed by atoms with van der Waals surface area (Å²) >= 11 is 0. The smallest absolute Gasteiger partial charge is 0.407 e. The van der Waals surface area contributed by atoms with Gasteiger partial charge >= 0.3 is 6.09 Å². The van der Waals surface area contributed by atoms with Gasteiger partial charge in [-0.05, 0) is 38.5 Å². The van der Waals surface area contributed by atoms with Crippen molar-refractivity contribution in [3.63, 3.8) is 0 Å². The Labute approximate surface area is 133 Å². The Morgan fingerprint density at radius 1 is 1.39 bits per heavy atom. The Kier molecular flexibility index (Phi) is 3.58. The van der Waals surface area contributed by atoms with E-state index in [0.717, 1.165) is 0 Å². The maximum atomic E-state index is 13.9. The number of amides is 1. The van der Waals surface area contributed by atoms with Crippen molar-refractivity contribution in [2.24, 2.45) is 0 Å². The molecule has 124 valence electrons. The summed E-state index contributed by atoms with van der Waals surface area (Å²) in [5, 5.41) is 3.11. The Balaban J connectivity index is 1.91. The average molecular weight is 322 g/mol. The standard InChI is InChI=1S/C17H20F2N2O2/c1-9-11-7-12(18)14(19)10-5-6-21(15(10)11)8-13(9)20-16(22)23-17(2,3)4/h5-7,9,13H,8H2,1-4H3,(H,20,22)/t9?,13-/m0/s1. The van der Waals surface area contributed by atoms with Gasteiger partial charge in [-0.25, -0.2) is 13.6 Å². The predicted molar refractivity (Wildman–Crippen MR) is 83.4 cm³/mol. The number of halogens is 2. The fourth-order valence-corrected chi connectivity index (χ4v) is 3.08. The molecule has 2 atom stereocenters. The maximum absolute atomic E-state index is 13.9. The number of nitrogens with one attached hydrogen (secondary N) is 1. The summed E-state index contributed by atoms with van der Waals surface area (Å²) in [6, 6.07) is 2.54. The molecule has 0 saturated heterocycles. The molecule has 1 N–H and O–H groups in total. The van der Waals surface area contributed by atoms with Crippen LogP contribution in [0.1, 0.15) is 39.2 Å². The van der Waals surface area contributed by atoms with E-state index in [4.69, 9.17) is 4.74 Å². The van der Waals surface area contributed by atoms with Gasteiger partial charge in [-0.2, -0.15) is 0 Å². The molecule has 2 heterocycles. The van der Waals surface area contributed by atoms with Gasteiger partial charge in [0, 0.05) is 24.0 Å². The molecule has 1 amide bonds. The third kappa shape index (κ3) is 2.78. The predicted octanol–water partition coefficient (Wildman–Crippen LogP) is 3.93. The molecular formula is C17H20F2N2O2. The van der Waals surface area contributed by atoms with Gasteiger partial charge in [-0.3, -0.25) is 0 Å². The summed E-state index contributed by atoms with van der Waals surface area (Å²) in [5.74, 6) is -1.84. The Morgan fingerprint density at radius 2 is 2.09 bits per heavy atom. The van der Waals surface area contributed by atoms with Gasteiger partial charge in [0.2, 0.25) is 0 Å². The normalized spacial score (nSPS) is 20.6. The second-order valence-electron chi connectivity index (χ2n) is 7.03. The lowest BCUT2D eigenvalue weighted by molar-refractivity contribution is 0.0491. The van der Waals surface area contributed by atoms with Crippen LogP contribution >= 0.6 is 0 Å². The van der Waals surface area contributed by atoms with Crippen molar-refractivity contribution in [3.8, 4) is 0 Å². The largest absolute Gasteiger partial charge is 0.444 e. The van der Waals surface area contributed by atoms with Crippen molar-refractivity contribution in [3.05, 3.63) is 35.5 Å². The number of ether oxygens (including phenoxy) is 1. The van der Waals surface area contributed by atoms with Gasteiger partial charge in [0.25, 0.3) is 0 Å². The van der Waals surface area contributed by atoms with Crippen molar-refractivity contribution in [1.29, 1.82) is 0 Å². The highest BCUT2D eigenvalue weighted by Gasteiger charge is 2.32. The fourth-order valence-electron chi connectivity index (χ4n) is 3.08. The minimum absolute atomic E-state index is 0.150. The Hall–Kier alpha value is -2.11. The molecule has 1 aromatic carbocycles. The highest BCUT2D eigenvalue weighted by Crippen LogP contribution is 2.36. The van der Waals surface area contributed by atoms with E-state index in [-0.39, 0.29) is 17.3 Å². The molecule has 4 nitrogen and oxygen atoms in total. The number of carbonyl (C=O) groups is 1. The third-order valence-corrected chi connectivity index (χ3v) is 4.15. The van der Waals surface area contributed by atoms with Crippen LogP contribution in [0.4, 0.5) is 13.6 Å². The van der Waals surface area contributed by atoms with Crippen LogP contribution in [-0.2, 0) is 11.3 Å². The van der Waals surface area contributed by atoms with Gasteiger partial charge in [0.05, 0.1) is 11.6 Å². The lowest BCUT2D eigenvalue weighted by Crippen LogP contribution is -2.45. The van der Waals surface area contributed by atoms with E-state index >= 15 is 0 Å². The molecule has 0 aliphatic carbocycles. The summed E-state index contributed by atoms with van der Waals surface area (Å²) < 4.78 is 34.8. The minimum Gasteiger partial charge on any atom is -0.444 e. The van der Waals surface area contributed by atoms with Crippen LogP contribution in [-0.4, -0.2) is 22.3 Å². The molecule has 1 aromatic heterocycles. The quantitative estimate of drug-likeness (QED) is 0.864. The number of nitrogens with zero attached hydrogens (tertiary/aromatic N) is 1. The summed E-state index contributed by atoms with van der Waals surface area (Å²) in [6.45, 7) is 7.76. The third-order valence-electron chi connectivity index (χ3n) is 4.15. The van der Waals surface area contributed by atoms with Crippen molar-refractivity contribution in [1.82, 2.24) is 9.88 Å². The van der Waals surface area contributed by atoms with Crippen molar-refractivity contribution >= 4 is 17.0 Å². The zero-order valence-corrected chi connectivity index (χ0v) is 13.6. The Morgan fingerprint density at radius 3 is 2.74 bits per heavy atom. The number of aromatic nitrogens is 1. The minimum atomic E-state index is -0.866. The molecule has 0 saturated carbocycles. The van der Waals surface area contributed by atoms with Crippen LogP contribution < -0.4 is 5.32 Å². The molecular weight excluding hydrogens is 302 g/mol. The first kappa shape index (κ1) is 15.8. The van der Waals surface area contributed by atoms with Crippen LogP contribution in [0.5, 0.6) is 0 Å². The second-order valence-corrected chi connectivity index (χ2v) is 7.03. The van der Waals surface area contributed by atoms with Gasteiger partial charge in [-0.1, -0.05) is 6.92 Å². The SMILES string of the molecule is CC1c2cc(F)c(F)c3ccn(c23)C[C@@H]1NC(=O)OC(C)(C)C. The molecule has 2 aromatic rings. The van der Waals surface area contributed by atoms with E-state index in [1.165, 1.54) is 6.07 Å². The highest BCUT2D eigenvalue weighted by atomic mass is 19.2. The summed E-state index contributed by atoms with van der Waals surface area (Å²) in [4.78, 5) is 12.0. The van der Waals surface area contributed by atoms with Crippen LogP contribution in [0.25, 0.3) is 10.9 Å². The summed E-state index contributed by atoms with van der Waals surface area (Å²) in [7, 11) is 0. The maximum Gasteiger partial charge on any atom is 0.407 e. The zero-order chi connectivity index (χ0) is 16.9. The summed E-state index contributed by atoms with van der Waals surface area (Å²) in [5.41, 5.74) is 0.797. The molecule has 0 radical (unpaired) electrons. The van der Waals surface area contributed by atoms with E-state index in [0.29, 0.717) is 17.6 Å². The molecule has 3 rings (SSSR count). The second kappa shape index (κ2) is 5.22. The van der Waals surface area contributed by atoms with Crippen LogP contribution in [0.15, 0.2) is 18.3 Å². The summed E-state index contributed by atoms with van der Waals surface area (Å²) in [6.07, 6.45) is 1.20. The topological polar surface area (TPSA) is 43.3 Å². The fraction of sp³-hybridized carbons (Fsp3) is 0.471. The van der Waals surface area contributed by atoms with Gasteiger partial charge < -0.3 is 14.6 Å². The first-order valence-electron chi connectivity index (χ1n) is 7.63. The van der Waals surface area contributed by atoms with Crippen molar-refractivity contribution in [2.75, 3.05) is 0 Å². The number of hydrogen-bond donors (Lipinski definition) is 1. The zero-order valence-electron chi connectivity index (χ0n) is 13.6. The van der Waals surface area contributed by atoms with E-state index in [1.54, 1.807) is 33.0 Å². The van der Waals surface area contributed by atoms with Gasteiger partial charge in [0.1, 0.15) is 5.60 Å². The van der Waals surface area contributed by atoms with Crippen molar-refractivity contribution < 1.29 is 18.3 Å². The number of alkyl carbamates (subject to hydrolysis) is 1. The molecule has 0 fully saturated rings. The number of rotatable bonds is 1. The lowest BCUT2D eigenvalue weighted by atomic mass is 9.89. The van der Waals surface area contributed by atoms with Crippen LogP contribution in [0.3, 0.4) is 0 Å².